The van der Waals surface area contributed by atoms with Crippen LogP contribution >= 0.6 is 23.7 Å². The number of amides is 1. The van der Waals surface area contributed by atoms with Crippen LogP contribution in [0.3, 0.4) is 0 Å². The predicted octanol–water partition coefficient (Wildman–Crippen LogP) is 4.14. The van der Waals surface area contributed by atoms with Crippen molar-refractivity contribution < 1.29 is 17.6 Å². The fourth-order valence-electron chi connectivity index (χ4n) is 2.73. The lowest BCUT2D eigenvalue weighted by Crippen LogP contribution is -2.46. The largest absolute Gasteiger partial charge is 0.450 e. The molecular weight excluding hydrogens is 456 g/mol. The van der Waals surface area contributed by atoms with E-state index in [1.165, 1.54) is 31.7 Å². The van der Waals surface area contributed by atoms with Gasteiger partial charge in [-0.25, -0.2) is 13.3 Å². The molecule has 1 N–H and O–H groups in total. The summed E-state index contributed by atoms with van der Waals surface area (Å²) in [6.45, 7) is 5.07. The lowest BCUT2D eigenvalue weighted by molar-refractivity contribution is -0.114. The highest BCUT2D eigenvalue weighted by Crippen LogP contribution is 2.33. The van der Waals surface area contributed by atoms with Crippen molar-refractivity contribution in [1.29, 1.82) is 5.41 Å². The number of aryl methyl sites for hydroxylation is 1. The standard InChI is InChI=1S/C20H18N4O4S3/c1-11(2)31(26,27)20-23-30-19-22-18(25)15(17(21)24(19)20)10-13-6-9-16(28-13)29-14-7-4-12(3)5-8-14/h4-11,21H,1-3H3/b15-10-,21-17?. The maximum atomic E-state index is 12.6. The first kappa shape index (κ1) is 21.6. The van der Waals surface area contributed by atoms with E-state index < -0.39 is 21.0 Å². The number of hydrogen-bond donors (Lipinski definition) is 1. The van der Waals surface area contributed by atoms with Crippen LogP contribution in [-0.4, -0.2) is 40.6 Å². The van der Waals surface area contributed by atoms with E-state index >= 15 is 0 Å². The molecule has 1 aromatic heterocycles. The molecule has 0 saturated carbocycles. The number of fused-ring (bicyclic) bond motifs is 1. The first-order valence-corrected chi connectivity index (χ1v) is 12.4. The minimum Gasteiger partial charge on any atom is -0.450 e. The Morgan fingerprint density at radius 2 is 1.90 bits per heavy atom. The zero-order chi connectivity index (χ0) is 22.3. The smallest absolute Gasteiger partial charge is 0.283 e. The molecule has 31 heavy (non-hydrogen) atoms. The second kappa shape index (κ2) is 8.13. The van der Waals surface area contributed by atoms with E-state index in [0.29, 0.717) is 10.9 Å². The van der Waals surface area contributed by atoms with Crippen molar-refractivity contribution in [3.8, 4) is 0 Å². The van der Waals surface area contributed by atoms with Crippen LogP contribution in [0.2, 0.25) is 0 Å². The number of sulfone groups is 1. The van der Waals surface area contributed by atoms with Crippen LogP contribution < -0.4 is 0 Å². The highest BCUT2D eigenvalue weighted by molar-refractivity contribution is 8.16. The summed E-state index contributed by atoms with van der Waals surface area (Å²) < 4.78 is 35.0. The van der Waals surface area contributed by atoms with Gasteiger partial charge in [0.2, 0.25) is 20.2 Å². The number of nitrogens with one attached hydrogen (secondary N) is 1. The first-order valence-electron chi connectivity index (χ1n) is 9.24. The monoisotopic (exact) mass is 474 g/mol. The van der Waals surface area contributed by atoms with Gasteiger partial charge in [-0.2, -0.15) is 9.39 Å². The Hall–Kier alpha value is -2.63. The summed E-state index contributed by atoms with van der Waals surface area (Å²) in [6, 6.07) is 11.4. The summed E-state index contributed by atoms with van der Waals surface area (Å²) in [5, 5.41) is 8.13. The number of benzene rings is 1. The van der Waals surface area contributed by atoms with E-state index in [9.17, 15) is 13.2 Å². The van der Waals surface area contributed by atoms with Crippen LogP contribution in [0.1, 0.15) is 25.2 Å². The number of aliphatic imine (C=N–C) groups is 1. The average Bonchev–Trinajstić information content (AvgIpc) is 3.34. The Labute approximate surface area is 188 Å². The van der Waals surface area contributed by atoms with Gasteiger partial charge in [0.25, 0.3) is 5.91 Å². The summed E-state index contributed by atoms with van der Waals surface area (Å²) in [7, 11) is -3.76. The third-order valence-corrected chi connectivity index (χ3v) is 8.27. The molecule has 3 heterocycles. The van der Waals surface area contributed by atoms with Crippen LogP contribution in [0, 0.1) is 12.3 Å². The summed E-state index contributed by atoms with van der Waals surface area (Å²) in [5.74, 6) is -0.586. The van der Waals surface area contributed by atoms with Crippen LogP contribution in [0.15, 0.2) is 65.8 Å². The molecule has 0 atom stereocenters. The summed E-state index contributed by atoms with van der Waals surface area (Å²) in [5.41, 5.74) is 1.09. The summed E-state index contributed by atoms with van der Waals surface area (Å²) in [6.07, 6.45) is 1.40. The number of furan rings is 1. The normalized spacial score (nSPS) is 17.9. The Kier molecular flexibility index (Phi) is 5.67. The number of carbonyl (C=O) groups excluding carboxylic acids is 1. The van der Waals surface area contributed by atoms with Crippen molar-refractivity contribution in [1.82, 2.24) is 4.90 Å². The minimum atomic E-state index is -3.76. The topological polar surface area (TPSA) is 116 Å². The Balaban J connectivity index is 1.61. The van der Waals surface area contributed by atoms with Gasteiger partial charge in [-0.15, -0.1) is 0 Å². The van der Waals surface area contributed by atoms with Crippen molar-refractivity contribution in [3.63, 3.8) is 0 Å². The van der Waals surface area contributed by atoms with Gasteiger partial charge in [-0.05, 0) is 51.1 Å². The molecular formula is C20H18N4O4S3. The molecule has 0 fully saturated rings. The van der Waals surface area contributed by atoms with Crippen LogP contribution in [0.4, 0.5) is 0 Å². The van der Waals surface area contributed by atoms with E-state index in [-0.39, 0.29) is 21.7 Å². The van der Waals surface area contributed by atoms with Crippen molar-refractivity contribution >= 4 is 61.7 Å². The van der Waals surface area contributed by atoms with Gasteiger partial charge in [-0.3, -0.25) is 10.2 Å². The summed E-state index contributed by atoms with van der Waals surface area (Å²) in [4.78, 5) is 18.5. The van der Waals surface area contributed by atoms with Gasteiger partial charge in [-0.1, -0.05) is 29.5 Å². The maximum absolute atomic E-state index is 12.6. The number of hydrogen-bond acceptors (Lipinski definition) is 8. The molecule has 2 aromatic rings. The predicted molar refractivity (Wildman–Crippen MR) is 123 cm³/mol. The highest BCUT2D eigenvalue weighted by atomic mass is 32.2. The first-order chi connectivity index (χ1) is 14.7. The van der Waals surface area contributed by atoms with E-state index in [0.717, 1.165) is 27.3 Å². The van der Waals surface area contributed by atoms with Crippen molar-refractivity contribution in [2.24, 2.45) is 9.39 Å². The quantitative estimate of drug-likeness (QED) is 0.523. The molecule has 1 aromatic carbocycles. The van der Waals surface area contributed by atoms with Crippen LogP contribution in [0.25, 0.3) is 6.08 Å². The second-order valence-electron chi connectivity index (χ2n) is 7.07. The van der Waals surface area contributed by atoms with E-state index in [2.05, 4.69) is 9.39 Å². The number of carbonyl (C=O) groups is 1. The maximum Gasteiger partial charge on any atom is 0.283 e. The van der Waals surface area contributed by atoms with Crippen LogP contribution in [-0.2, 0) is 14.6 Å². The molecule has 11 heteroatoms. The molecule has 0 spiro atoms. The zero-order valence-corrected chi connectivity index (χ0v) is 19.3. The fourth-order valence-corrected chi connectivity index (χ4v) is 5.57. The fraction of sp³-hybridized carbons (Fsp3) is 0.200. The molecule has 4 rings (SSSR count). The molecule has 0 saturated heterocycles. The third kappa shape index (κ3) is 4.12. The van der Waals surface area contributed by atoms with Gasteiger partial charge >= 0.3 is 0 Å². The molecule has 0 unspecified atom stereocenters. The van der Waals surface area contributed by atoms with E-state index in [4.69, 9.17) is 9.83 Å². The van der Waals surface area contributed by atoms with Crippen molar-refractivity contribution in [3.05, 3.63) is 53.3 Å². The van der Waals surface area contributed by atoms with Gasteiger partial charge in [0.15, 0.2) is 5.09 Å². The van der Waals surface area contributed by atoms with Gasteiger partial charge in [0, 0.05) is 4.90 Å². The lowest BCUT2D eigenvalue weighted by atomic mass is 10.1. The molecule has 2 aliphatic heterocycles. The zero-order valence-electron chi connectivity index (χ0n) is 16.8. The van der Waals surface area contributed by atoms with Gasteiger partial charge in [0.05, 0.1) is 22.8 Å². The Morgan fingerprint density at radius 3 is 2.58 bits per heavy atom. The number of amidine groups is 3. The van der Waals surface area contributed by atoms with E-state index in [1.54, 1.807) is 12.1 Å². The molecule has 0 aliphatic carbocycles. The van der Waals surface area contributed by atoms with E-state index in [1.807, 2.05) is 31.2 Å². The molecule has 160 valence electrons. The molecule has 0 radical (unpaired) electrons. The second-order valence-corrected chi connectivity index (χ2v) is 11.3. The average molecular weight is 475 g/mol. The SMILES string of the molecule is Cc1ccc(Sc2ccc(/C=C3/C(=N)N4C(=NC3=O)SN=C4S(=O)(=O)C(C)C)o2)cc1. The molecule has 8 nitrogen and oxygen atoms in total. The highest BCUT2D eigenvalue weighted by Gasteiger charge is 2.43. The summed E-state index contributed by atoms with van der Waals surface area (Å²) >= 11 is 2.20. The van der Waals surface area contributed by atoms with Gasteiger partial charge in [0.1, 0.15) is 11.6 Å². The van der Waals surface area contributed by atoms with Crippen LogP contribution in [0.5, 0.6) is 0 Å². The Bertz CT molecular complexity index is 1270. The number of nitrogens with zero attached hydrogens (tertiary/aromatic N) is 3. The molecule has 0 bridgehead atoms. The minimum absolute atomic E-state index is 0.0569. The number of rotatable bonds is 4. The molecule has 1 amide bonds. The van der Waals surface area contributed by atoms with Crippen molar-refractivity contribution in [2.75, 3.05) is 0 Å². The lowest BCUT2D eigenvalue weighted by Gasteiger charge is -2.25. The van der Waals surface area contributed by atoms with Gasteiger partial charge < -0.3 is 4.42 Å². The Morgan fingerprint density at radius 1 is 1.19 bits per heavy atom. The third-order valence-electron chi connectivity index (χ3n) is 4.50. The van der Waals surface area contributed by atoms with Crippen molar-refractivity contribution in [2.45, 2.75) is 36.0 Å². The molecule has 2 aliphatic rings.